The maximum atomic E-state index is 12.8. The summed E-state index contributed by atoms with van der Waals surface area (Å²) in [7, 11) is 0. The van der Waals surface area contributed by atoms with Crippen molar-refractivity contribution >= 4 is 23.5 Å². The molecule has 0 radical (unpaired) electrons. The van der Waals surface area contributed by atoms with Gasteiger partial charge in [0.2, 0.25) is 5.91 Å². The number of benzene rings is 3. The maximum Gasteiger partial charge on any atom is 0.411 e. The van der Waals surface area contributed by atoms with Crippen LogP contribution in [0.1, 0.15) is 55.5 Å². The number of ketones is 1. The van der Waals surface area contributed by atoms with E-state index in [0.29, 0.717) is 12.5 Å². The number of Topliss-reactive ketones (excluding diaryl/α,β-unsaturated/α-hetero) is 1. The van der Waals surface area contributed by atoms with Gasteiger partial charge < -0.3 is 19.9 Å². The smallest absolute Gasteiger partial charge is 0.411 e. The van der Waals surface area contributed by atoms with Crippen LogP contribution in [0.25, 0.3) is 11.1 Å². The van der Waals surface area contributed by atoms with E-state index >= 15 is 0 Å². The largest absolute Gasteiger partial charge is 0.446 e. The van der Waals surface area contributed by atoms with Crippen LogP contribution in [0.3, 0.4) is 0 Å². The van der Waals surface area contributed by atoms with Crippen LogP contribution < -0.4 is 10.6 Å². The predicted octanol–water partition coefficient (Wildman–Crippen LogP) is 5.92. The first-order chi connectivity index (χ1) is 23.4. The Kier molecular flexibility index (Phi) is 13.2. The number of ether oxygens (including phenoxy) is 1. The molecule has 2 aliphatic heterocycles. The van der Waals surface area contributed by atoms with E-state index in [0.717, 1.165) is 107 Å². The molecule has 2 aliphatic rings. The number of likely N-dealkylation sites (tertiary alicyclic amines) is 2. The predicted molar refractivity (Wildman–Crippen MR) is 191 cm³/mol. The molecule has 2 amide bonds. The van der Waals surface area contributed by atoms with Gasteiger partial charge in [0.05, 0.1) is 12.2 Å². The van der Waals surface area contributed by atoms with Crippen LogP contribution in [-0.2, 0) is 16.1 Å². The Morgan fingerprint density at radius 1 is 0.792 bits per heavy atom. The lowest BCUT2D eigenvalue weighted by Crippen LogP contribution is -2.42. The molecule has 0 aromatic heterocycles. The van der Waals surface area contributed by atoms with Crippen molar-refractivity contribution in [3.05, 3.63) is 90.0 Å². The Morgan fingerprint density at radius 2 is 1.44 bits per heavy atom. The zero-order valence-electron chi connectivity index (χ0n) is 28.5. The molecule has 0 atom stereocenters. The number of para-hydroxylation sites is 1. The number of piperidine rings is 2. The van der Waals surface area contributed by atoms with Gasteiger partial charge >= 0.3 is 6.09 Å². The molecule has 0 spiro atoms. The second-order valence-corrected chi connectivity index (χ2v) is 12.8. The number of nitrogens with zero attached hydrogens (tertiary/aromatic N) is 3. The first kappa shape index (κ1) is 35.3. The zero-order valence-corrected chi connectivity index (χ0v) is 28.5. The Morgan fingerprint density at radius 3 is 2.12 bits per heavy atom. The molecule has 0 unspecified atom stereocenters. The second-order valence-electron chi connectivity index (χ2n) is 12.8. The van der Waals surface area contributed by atoms with Gasteiger partial charge in [-0.1, -0.05) is 72.8 Å². The van der Waals surface area contributed by atoms with E-state index in [-0.39, 0.29) is 17.8 Å². The molecule has 0 bridgehead atoms. The molecular formula is C39H51N5O4. The molecule has 2 saturated heterocycles. The van der Waals surface area contributed by atoms with E-state index in [2.05, 4.69) is 32.6 Å². The highest BCUT2D eigenvalue weighted by molar-refractivity contribution is 5.97. The molecule has 2 N–H and O–H groups in total. The van der Waals surface area contributed by atoms with Crippen LogP contribution >= 0.6 is 0 Å². The number of anilines is 1. The van der Waals surface area contributed by atoms with Crippen molar-refractivity contribution < 1.29 is 19.1 Å². The summed E-state index contributed by atoms with van der Waals surface area (Å²) in [5.41, 5.74) is 4.64. The summed E-state index contributed by atoms with van der Waals surface area (Å²) in [6, 6.07) is 25.7. The van der Waals surface area contributed by atoms with E-state index < -0.39 is 6.09 Å². The van der Waals surface area contributed by atoms with Crippen molar-refractivity contribution in [1.29, 1.82) is 0 Å². The van der Waals surface area contributed by atoms with Gasteiger partial charge in [0.1, 0.15) is 6.10 Å². The van der Waals surface area contributed by atoms with Gasteiger partial charge in [-0.15, -0.1) is 0 Å². The first-order valence-electron chi connectivity index (χ1n) is 17.6. The van der Waals surface area contributed by atoms with Crippen LogP contribution in [-0.4, -0.2) is 97.5 Å². The summed E-state index contributed by atoms with van der Waals surface area (Å²) in [5, 5.41) is 6.24. The van der Waals surface area contributed by atoms with Crippen molar-refractivity contribution in [2.45, 2.75) is 52.2 Å². The molecule has 256 valence electrons. The standard InChI is InChI=1S/C39H51N5O4/c1-3-44(4-2)38(46)33-18-23-43(24-19-33)29-30-14-16-32(17-15-30)37(45)28-40-22-27-42-25-20-34(21-26-42)48-39(47)41-36-13-9-8-12-35(36)31-10-6-5-7-11-31/h5-17,33-34,40H,3-4,18-29H2,1-2H3,(H,41,47). The second kappa shape index (κ2) is 17.9. The van der Waals surface area contributed by atoms with E-state index in [1.54, 1.807) is 0 Å². The zero-order chi connectivity index (χ0) is 33.7. The van der Waals surface area contributed by atoms with Crippen LogP contribution in [0, 0.1) is 5.92 Å². The third kappa shape index (κ3) is 9.98. The molecule has 5 rings (SSSR count). The average molecular weight is 654 g/mol. The van der Waals surface area contributed by atoms with E-state index in [4.69, 9.17) is 4.74 Å². The van der Waals surface area contributed by atoms with E-state index in [1.807, 2.05) is 85.5 Å². The molecule has 2 fully saturated rings. The fourth-order valence-corrected chi connectivity index (χ4v) is 6.73. The number of hydrogen-bond donors (Lipinski definition) is 2. The van der Waals surface area contributed by atoms with E-state index in [9.17, 15) is 14.4 Å². The Balaban J connectivity index is 0.952. The first-order valence-corrected chi connectivity index (χ1v) is 17.6. The third-order valence-electron chi connectivity index (χ3n) is 9.64. The topological polar surface area (TPSA) is 94.2 Å². The number of rotatable bonds is 14. The van der Waals surface area contributed by atoms with Crippen LogP contribution in [0.4, 0.5) is 10.5 Å². The van der Waals surface area contributed by atoms with Gasteiger partial charge in [0, 0.05) is 62.9 Å². The number of nitrogens with one attached hydrogen (secondary N) is 2. The summed E-state index contributed by atoms with van der Waals surface area (Å²) in [6.45, 7) is 11.9. The number of carbonyl (C=O) groups excluding carboxylic acids is 3. The average Bonchev–Trinajstić information content (AvgIpc) is 3.12. The van der Waals surface area contributed by atoms with Crippen molar-refractivity contribution in [2.24, 2.45) is 5.92 Å². The highest BCUT2D eigenvalue weighted by Crippen LogP contribution is 2.28. The van der Waals surface area contributed by atoms with Crippen molar-refractivity contribution in [1.82, 2.24) is 20.0 Å². The lowest BCUT2D eigenvalue weighted by molar-refractivity contribution is -0.136. The summed E-state index contributed by atoms with van der Waals surface area (Å²) in [6.07, 6.45) is 2.85. The fraction of sp³-hybridized carbons (Fsp3) is 0.462. The lowest BCUT2D eigenvalue weighted by atomic mass is 9.94. The van der Waals surface area contributed by atoms with Gasteiger partial charge in [-0.3, -0.25) is 19.8 Å². The Labute approximate surface area is 285 Å². The minimum atomic E-state index is -0.422. The summed E-state index contributed by atoms with van der Waals surface area (Å²) in [5.74, 6) is 0.528. The van der Waals surface area contributed by atoms with Gasteiger partial charge in [-0.2, -0.15) is 0 Å². The normalized spacial score (nSPS) is 16.4. The maximum absolute atomic E-state index is 12.8. The number of carbonyl (C=O) groups is 3. The molecule has 0 aliphatic carbocycles. The fourth-order valence-electron chi connectivity index (χ4n) is 6.73. The minimum absolute atomic E-state index is 0.0873. The molecule has 9 nitrogen and oxygen atoms in total. The van der Waals surface area contributed by atoms with E-state index in [1.165, 1.54) is 5.56 Å². The molecule has 2 heterocycles. The summed E-state index contributed by atoms with van der Waals surface area (Å²) >= 11 is 0. The van der Waals surface area contributed by atoms with Crippen molar-refractivity contribution in [3.63, 3.8) is 0 Å². The molecular weight excluding hydrogens is 602 g/mol. The highest BCUT2D eigenvalue weighted by Gasteiger charge is 2.27. The SMILES string of the molecule is CCN(CC)C(=O)C1CCN(Cc2ccc(C(=O)CNCCN3CCC(OC(=O)Nc4ccccc4-c4ccccc4)CC3)cc2)CC1. The highest BCUT2D eigenvalue weighted by atomic mass is 16.6. The molecule has 48 heavy (non-hydrogen) atoms. The summed E-state index contributed by atoms with van der Waals surface area (Å²) in [4.78, 5) is 44.9. The quantitative estimate of drug-likeness (QED) is 0.165. The minimum Gasteiger partial charge on any atom is -0.446 e. The van der Waals surface area contributed by atoms with Crippen molar-refractivity contribution in [2.75, 3.05) is 64.2 Å². The van der Waals surface area contributed by atoms with Crippen LogP contribution in [0.2, 0.25) is 0 Å². The Hall–Kier alpha value is -4.05. The summed E-state index contributed by atoms with van der Waals surface area (Å²) < 4.78 is 5.77. The number of hydrogen-bond acceptors (Lipinski definition) is 7. The van der Waals surface area contributed by atoms with Crippen molar-refractivity contribution in [3.8, 4) is 11.1 Å². The van der Waals surface area contributed by atoms with Crippen LogP contribution in [0.5, 0.6) is 0 Å². The van der Waals surface area contributed by atoms with Gasteiger partial charge in [0.15, 0.2) is 5.78 Å². The van der Waals surface area contributed by atoms with Crippen LogP contribution in [0.15, 0.2) is 78.9 Å². The molecule has 3 aromatic rings. The number of amides is 2. The molecule has 9 heteroatoms. The molecule has 3 aromatic carbocycles. The van der Waals surface area contributed by atoms with Gasteiger partial charge in [0.25, 0.3) is 0 Å². The lowest BCUT2D eigenvalue weighted by Gasteiger charge is -2.33. The Bertz CT molecular complexity index is 1460. The van der Waals surface area contributed by atoms with Gasteiger partial charge in [-0.25, -0.2) is 4.79 Å². The molecule has 0 saturated carbocycles. The third-order valence-corrected chi connectivity index (χ3v) is 9.64. The monoisotopic (exact) mass is 653 g/mol. The van der Waals surface area contributed by atoms with Gasteiger partial charge in [-0.05, 0) is 69.8 Å².